The Morgan fingerprint density at radius 1 is 1.25 bits per heavy atom. The number of hydrogen-bond donors (Lipinski definition) is 4. The maximum atomic E-state index is 11.7. The van der Waals surface area contributed by atoms with Crippen molar-refractivity contribution < 1.29 is 14.7 Å². The van der Waals surface area contributed by atoms with Gasteiger partial charge in [0.2, 0.25) is 0 Å². The van der Waals surface area contributed by atoms with E-state index in [2.05, 4.69) is 20.9 Å². The predicted molar refractivity (Wildman–Crippen MR) is 74.7 cm³/mol. The van der Waals surface area contributed by atoms with Gasteiger partial charge >= 0.3 is 12.0 Å². The number of carbonyl (C=O) groups excluding carboxylic acids is 1. The lowest BCUT2D eigenvalue weighted by atomic mass is 9.77. The molecule has 0 atom stereocenters. The second-order valence-corrected chi connectivity index (χ2v) is 5.57. The lowest BCUT2D eigenvalue weighted by Crippen LogP contribution is -2.61. The molecule has 2 aliphatic rings. The molecule has 1 aliphatic carbocycles. The zero-order valence-corrected chi connectivity index (χ0v) is 11.8. The van der Waals surface area contributed by atoms with Gasteiger partial charge in [-0.15, -0.1) is 0 Å². The first kappa shape index (κ1) is 15.1. The summed E-state index contributed by atoms with van der Waals surface area (Å²) < 4.78 is 0. The van der Waals surface area contributed by atoms with E-state index < -0.39 is 11.5 Å². The van der Waals surface area contributed by atoms with Crippen molar-refractivity contribution in [2.24, 2.45) is 0 Å². The summed E-state index contributed by atoms with van der Waals surface area (Å²) in [6.45, 7) is 5.68. The molecular weight excluding hydrogens is 260 g/mol. The molecule has 0 unspecified atom stereocenters. The van der Waals surface area contributed by atoms with Gasteiger partial charge in [0, 0.05) is 32.7 Å². The highest BCUT2D eigenvalue weighted by atomic mass is 16.4. The van der Waals surface area contributed by atoms with Crippen LogP contribution in [-0.2, 0) is 4.79 Å². The van der Waals surface area contributed by atoms with E-state index in [9.17, 15) is 9.59 Å². The van der Waals surface area contributed by atoms with Crippen molar-refractivity contribution in [2.75, 3.05) is 39.3 Å². The van der Waals surface area contributed by atoms with Gasteiger partial charge in [-0.3, -0.25) is 0 Å². The van der Waals surface area contributed by atoms with Gasteiger partial charge in [0.05, 0.1) is 0 Å². The van der Waals surface area contributed by atoms with Gasteiger partial charge in [0.25, 0.3) is 0 Å². The number of aliphatic carboxylic acids is 1. The molecule has 2 amide bonds. The van der Waals surface area contributed by atoms with E-state index in [4.69, 9.17) is 5.11 Å². The van der Waals surface area contributed by atoms with Crippen LogP contribution in [0.3, 0.4) is 0 Å². The molecule has 7 nitrogen and oxygen atoms in total. The number of amides is 2. The van der Waals surface area contributed by atoms with Crippen molar-refractivity contribution >= 4 is 12.0 Å². The van der Waals surface area contributed by atoms with Gasteiger partial charge in [-0.25, -0.2) is 9.59 Å². The highest BCUT2D eigenvalue weighted by Gasteiger charge is 2.45. The number of carboxylic acids is 1. The summed E-state index contributed by atoms with van der Waals surface area (Å²) in [4.78, 5) is 25.2. The number of carbonyl (C=O) groups is 2. The molecule has 0 aromatic rings. The van der Waals surface area contributed by atoms with Gasteiger partial charge < -0.3 is 26.0 Å². The molecule has 7 heteroatoms. The summed E-state index contributed by atoms with van der Waals surface area (Å²) in [6, 6.07) is -0.368. The fourth-order valence-corrected chi connectivity index (χ4v) is 2.62. The summed E-state index contributed by atoms with van der Waals surface area (Å²) in [7, 11) is 0. The van der Waals surface area contributed by atoms with E-state index in [0.717, 1.165) is 45.6 Å². The Morgan fingerprint density at radius 3 is 2.50 bits per heavy atom. The van der Waals surface area contributed by atoms with Crippen molar-refractivity contribution in [3.8, 4) is 0 Å². The van der Waals surface area contributed by atoms with Crippen LogP contribution in [0.5, 0.6) is 0 Å². The molecule has 1 heterocycles. The van der Waals surface area contributed by atoms with Gasteiger partial charge in [0.1, 0.15) is 5.54 Å². The Morgan fingerprint density at radius 2 is 1.95 bits per heavy atom. The topological polar surface area (TPSA) is 93.7 Å². The number of rotatable bonds is 6. The first-order valence-electron chi connectivity index (χ1n) is 7.35. The van der Waals surface area contributed by atoms with E-state index >= 15 is 0 Å². The van der Waals surface area contributed by atoms with Crippen LogP contribution in [0.25, 0.3) is 0 Å². The minimum atomic E-state index is -1.03. The number of urea groups is 1. The lowest BCUT2D eigenvalue weighted by molar-refractivity contribution is -0.148. The molecule has 4 N–H and O–H groups in total. The molecule has 1 aliphatic heterocycles. The minimum absolute atomic E-state index is 0.368. The highest BCUT2D eigenvalue weighted by molar-refractivity contribution is 5.87. The number of nitrogens with one attached hydrogen (secondary N) is 3. The number of hydrogen-bond acceptors (Lipinski definition) is 4. The molecule has 114 valence electrons. The lowest BCUT2D eigenvalue weighted by Gasteiger charge is -2.38. The Bertz CT molecular complexity index is 352. The Hall–Kier alpha value is -1.34. The standard InChI is InChI=1S/C13H24N4O3/c18-11(19)13(3-1-4-13)16-12(20)15-5-2-8-17-9-6-14-7-10-17/h14H,1-10H2,(H,18,19)(H2,15,16,20). The molecule has 0 radical (unpaired) electrons. The largest absolute Gasteiger partial charge is 0.480 e. The fourth-order valence-electron chi connectivity index (χ4n) is 2.62. The molecular formula is C13H24N4O3. The van der Waals surface area contributed by atoms with E-state index in [1.54, 1.807) is 0 Å². The molecule has 2 fully saturated rings. The quantitative estimate of drug-likeness (QED) is 0.498. The fraction of sp³-hybridized carbons (Fsp3) is 0.846. The molecule has 0 spiro atoms. The first-order chi connectivity index (χ1) is 9.62. The number of nitrogens with zero attached hydrogens (tertiary/aromatic N) is 1. The second kappa shape index (κ2) is 6.90. The Balaban J connectivity index is 1.59. The molecule has 2 rings (SSSR count). The van der Waals surface area contributed by atoms with Crippen molar-refractivity contribution in [1.29, 1.82) is 0 Å². The smallest absolute Gasteiger partial charge is 0.329 e. The maximum Gasteiger partial charge on any atom is 0.329 e. The highest BCUT2D eigenvalue weighted by Crippen LogP contribution is 2.31. The molecule has 0 aromatic heterocycles. The predicted octanol–water partition coefficient (Wildman–Crippen LogP) is -0.412. The Kier molecular flexibility index (Phi) is 5.19. The van der Waals surface area contributed by atoms with Gasteiger partial charge in [-0.2, -0.15) is 0 Å². The van der Waals surface area contributed by atoms with Crippen LogP contribution in [0.2, 0.25) is 0 Å². The molecule has 0 aromatic carbocycles. The van der Waals surface area contributed by atoms with Crippen molar-refractivity contribution in [1.82, 2.24) is 20.9 Å². The third-order valence-corrected chi connectivity index (χ3v) is 4.12. The third kappa shape index (κ3) is 3.83. The summed E-state index contributed by atoms with van der Waals surface area (Å²) >= 11 is 0. The van der Waals surface area contributed by atoms with Crippen molar-refractivity contribution in [3.05, 3.63) is 0 Å². The zero-order valence-electron chi connectivity index (χ0n) is 11.8. The third-order valence-electron chi connectivity index (χ3n) is 4.12. The second-order valence-electron chi connectivity index (χ2n) is 5.57. The SMILES string of the molecule is O=C(NCCCN1CCNCC1)NC1(C(=O)O)CCC1. The monoisotopic (exact) mass is 284 g/mol. The van der Waals surface area contributed by atoms with E-state index in [0.29, 0.717) is 19.4 Å². The molecule has 1 saturated carbocycles. The van der Waals surface area contributed by atoms with Gasteiger partial charge in [0.15, 0.2) is 0 Å². The zero-order chi connectivity index (χ0) is 14.4. The number of carboxylic acid groups (broad SMARTS) is 1. The summed E-state index contributed by atoms with van der Waals surface area (Å²) in [5.41, 5.74) is -1.03. The van der Waals surface area contributed by atoms with Crippen LogP contribution in [0.4, 0.5) is 4.79 Å². The van der Waals surface area contributed by atoms with E-state index in [-0.39, 0.29) is 6.03 Å². The summed E-state index contributed by atoms with van der Waals surface area (Å²) in [5.74, 6) is -0.931. The number of piperazine rings is 1. The van der Waals surface area contributed by atoms with Crippen LogP contribution in [0.15, 0.2) is 0 Å². The molecule has 1 saturated heterocycles. The molecule has 0 bridgehead atoms. The molecule has 20 heavy (non-hydrogen) atoms. The average molecular weight is 284 g/mol. The van der Waals surface area contributed by atoms with Crippen LogP contribution >= 0.6 is 0 Å². The first-order valence-corrected chi connectivity index (χ1v) is 7.35. The van der Waals surface area contributed by atoms with Crippen LogP contribution in [-0.4, -0.2) is 66.8 Å². The van der Waals surface area contributed by atoms with E-state index in [1.807, 2.05) is 0 Å². The average Bonchev–Trinajstić information content (AvgIpc) is 2.40. The van der Waals surface area contributed by atoms with Crippen LogP contribution in [0.1, 0.15) is 25.7 Å². The van der Waals surface area contributed by atoms with Crippen LogP contribution in [0, 0.1) is 0 Å². The minimum Gasteiger partial charge on any atom is -0.480 e. The van der Waals surface area contributed by atoms with Gasteiger partial charge in [-0.05, 0) is 32.2 Å². The normalized spacial score (nSPS) is 21.8. The summed E-state index contributed by atoms with van der Waals surface area (Å²) in [6.07, 6.45) is 2.79. The Labute approximate surface area is 119 Å². The maximum absolute atomic E-state index is 11.7. The summed E-state index contributed by atoms with van der Waals surface area (Å²) in [5, 5.41) is 17.8. The van der Waals surface area contributed by atoms with Crippen molar-refractivity contribution in [3.63, 3.8) is 0 Å². The van der Waals surface area contributed by atoms with Crippen molar-refractivity contribution in [2.45, 2.75) is 31.2 Å². The van der Waals surface area contributed by atoms with Crippen LogP contribution < -0.4 is 16.0 Å². The van der Waals surface area contributed by atoms with E-state index in [1.165, 1.54) is 0 Å². The van der Waals surface area contributed by atoms with Gasteiger partial charge in [-0.1, -0.05) is 0 Å².